The maximum Gasteiger partial charge on any atom is 0.225 e. The van der Waals surface area contributed by atoms with Crippen LogP contribution in [0, 0.1) is 5.92 Å². The van der Waals surface area contributed by atoms with Crippen molar-refractivity contribution >= 4 is 35.6 Å². The Morgan fingerprint density at radius 2 is 1.50 bits per heavy atom. The van der Waals surface area contributed by atoms with Gasteiger partial charge in [0, 0.05) is 30.8 Å². The lowest BCUT2D eigenvalue weighted by Crippen LogP contribution is -2.16. The molecule has 0 aromatic heterocycles. The van der Waals surface area contributed by atoms with Crippen molar-refractivity contribution in [1.82, 2.24) is 0 Å². The molecule has 0 aliphatic heterocycles. The van der Waals surface area contributed by atoms with Crippen LogP contribution in [-0.4, -0.2) is 18.4 Å². The SMILES string of the molecule is CC(C)CC(=O)Nc1ccc(NC(=O)CCN)cc1.Cl. The van der Waals surface area contributed by atoms with E-state index in [1.54, 1.807) is 24.3 Å². The quantitative estimate of drug-likeness (QED) is 0.754. The number of nitrogens with one attached hydrogen (secondary N) is 2. The van der Waals surface area contributed by atoms with Crippen LogP contribution in [0.5, 0.6) is 0 Å². The molecule has 0 fully saturated rings. The Balaban J connectivity index is 0.00000361. The van der Waals surface area contributed by atoms with Gasteiger partial charge in [0.25, 0.3) is 0 Å². The topological polar surface area (TPSA) is 84.2 Å². The van der Waals surface area contributed by atoms with Crippen LogP contribution in [0.25, 0.3) is 0 Å². The Labute approximate surface area is 125 Å². The summed E-state index contributed by atoms with van der Waals surface area (Å²) in [6, 6.07) is 7.02. The van der Waals surface area contributed by atoms with E-state index < -0.39 is 0 Å². The van der Waals surface area contributed by atoms with Crippen LogP contribution in [-0.2, 0) is 9.59 Å². The summed E-state index contributed by atoms with van der Waals surface area (Å²) in [5, 5.41) is 5.53. The second-order valence-corrected chi connectivity index (χ2v) is 4.81. The van der Waals surface area contributed by atoms with E-state index in [1.807, 2.05) is 13.8 Å². The monoisotopic (exact) mass is 299 g/mol. The number of hydrogen-bond donors (Lipinski definition) is 3. The normalized spacial score (nSPS) is 9.80. The van der Waals surface area contributed by atoms with E-state index in [2.05, 4.69) is 10.6 Å². The van der Waals surface area contributed by atoms with Gasteiger partial charge in [-0.2, -0.15) is 0 Å². The Morgan fingerprint density at radius 3 is 1.90 bits per heavy atom. The first-order chi connectivity index (χ1) is 9.01. The molecule has 1 rings (SSSR count). The van der Waals surface area contributed by atoms with Crippen LogP contribution in [0.1, 0.15) is 26.7 Å². The molecule has 112 valence electrons. The Kier molecular flexibility index (Phi) is 8.59. The summed E-state index contributed by atoms with van der Waals surface area (Å²) in [6.07, 6.45) is 0.794. The van der Waals surface area contributed by atoms with Gasteiger partial charge in [0.15, 0.2) is 0 Å². The first kappa shape index (κ1) is 18.4. The van der Waals surface area contributed by atoms with Crippen LogP contribution in [0.3, 0.4) is 0 Å². The third-order valence-corrected chi connectivity index (χ3v) is 2.42. The number of benzene rings is 1. The summed E-state index contributed by atoms with van der Waals surface area (Å²) in [6.45, 7) is 4.32. The van der Waals surface area contributed by atoms with E-state index >= 15 is 0 Å². The molecule has 4 N–H and O–H groups in total. The van der Waals surface area contributed by atoms with Crippen LogP contribution in [0.2, 0.25) is 0 Å². The molecule has 0 aliphatic rings. The number of nitrogens with two attached hydrogens (primary N) is 1. The molecule has 0 spiro atoms. The average molecular weight is 300 g/mol. The van der Waals surface area contributed by atoms with Gasteiger partial charge in [-0.05, 0) is 30.2 Å². The van der Waals surface area contributed by atoms with Gasteiger partial charge in [0.2, 0.25) is 11.8 Å². The van der Waals surface area contributed by atoms with Crippen LogP contribution in [0.15, 0.2) is 24.3 Å². The minimum absolute atomic E-state index is 0. The predicted octanol–water partition coefficient (Wildman–Crippen LogP) is 2.38. The molecule has 0 saturated carbocycles. The fraction of sp³-hybridized carbons (Fsp3) is 0.429. The Morgan fingerprint density at radius 1 is 1.05 bits per heavy atom. The third-order valence-electron chi connectivity index (χ3n) is 2.42. The van der Waals surface area contributed by atoms with E-state index in [-0.39, 0.29) is 24.2 Å². The zero-order valence-electron chi connectivity index (χ0n) is 11.8. The van der Waals surface area contributed by atoms with Gasteiger partial charge in [0.1, 0.15) is 0 Å². The third kappa shape index (κ3) is 7.11. The second kappa shape index (κ2) is 9.34. The summed E-state index contributed by atoms with van der Waals surface area (Å²) in [5.41, 5.74) is 6.71. The second-order valence-electron chi connectivity index (χ2n) is 4.81. The van der Waals surface area contributed by atoms with Gasteiger partial charge < -0.3 is 16.4 Å². The minimum atomic E-state index is -0.112. The van der Waals surface area contributed by atoms with Crippen molar-refractivity contribution in [2.45, 2.75) is 26.7 Å². The van der Waals surface area contributed by atoms with Crippen molar-refractivity contribution in [3.8, 4) is 0 Å². The predicted molar refractivity (Wildman–Crippen MR) is 84.1 cm³/mol. The minimum Gasteiger partial charge on any atom is -0.330 e. The highest BCUT2D eigenvalue weighted by Gasteiger charge is 2.05. The zero-order valence-corrected chi connectivity index (χ0v) is 12.6. The summed E-state index contributed by atoms with van der Waals surface area (Å²) in [5.74, 6) is 0.212. The molecule has 0 radical (unpaired) electrons. The molecule has 0 unspecified atom stereocenters. The highest BCUT2D eigenvalue weighted by atomic mass is 35.5. The van der Waals surface area contributed by atoms with Crippen molar-refractivity contribution < 1.29 is 9.59 Å². The maximum absolute atomic E-state index is 11.6. The molecule has 5 nitrogen and oxygen atoms in total. The lowest BCUT2D eigenvalue weighted by Gasteiger charge is -2.08. The summed E-state index contributed by atoms with van der Waals surface area (Å²) in [7, 11) is 0. The molecule has 1 aromatic carbocycles. The van der Waals surface area contributed by atoms with Gasteiger partial charge >= 0.3 is 0 Å². The number of rotatable bonds is 6. The Bertz CT molecular complexity index is 433. The number of carbonyl (C=O) groups is 2. The summed E-state index contributed by atoms with van der Waals surface area (Å²) < 4.78 is 0. The standard InChI is InChI=1S/C14H21N3O2.ClH/c1-10(2)9-14(19)17-12-5-3-11(4-6-12)16-13(18)7-8-15;/h3-6,10H,7-9,15H2,1-2H3,(H,16,18)(H,17,19);1H. The van der Waals surface area contributed by atoms with Crippen molar-refractivity contribution in [3.63, 3.8) is 0 Å². The maximum atomic E-state index is 11.6. The van der Waals surface area contributed by atoms with E-state index in [0.717, 1.165) is 5.69 Å². The smallest absolute Gasteiger partial charge is 0.225 e. The largest absolute Gasteiger partial charge is 0.330 e. The van der Waals surface area contributed by atoms with Gasteiger partial charge in [-0.1, -0.05) is 13.8 Å². The highest BCUT2D eigenvalue weighted by molar-refractivity contribution is 5.93. The van der Waals surface area contributed by atoms with Gasteiger partial charge in [-0.25, -0.2) is 0 Å². The Hall–Kier alpha value is -1.59. The fourth-order valence-corrected chi connectivity index (χ4v) is 1.57. The highest BCUT2D eigenvalue weighted by Crippen LogP contribution is 2.14. The fourth-order valence-electron chi connectivity index (χ4n) is 1.57. The van der Waals surface area contributed by atoms with Crippen LogP contribution in [0.4, 0.5) is 11.4 Å². The molecule has 2 amide bonds. The number of halogens is 1. The van der Waals surface area contributed by atoms with Crippen molar-refractivity contribution in [2.24, 2.45) is 11.7 Å². The summed E-state index contributed by atoms with van der Waals surface area (Å²) in [4.78, 5) is 22.9. The van der Waals surface area contributed by atoms with Crippen molar-refractivity contribution in [2.75, 3.05) is 17.2 Å². The van der Waals surface area contributed by atoms with Gasteiger partial charge in [0.05, 0.1) is 0 Å². The first-order valence-electron chi connectivity index (χ1n) is 6.41. The van der Waals surface area contributed by atoms with Crippen LogP contribution < -0.4 is 16.4 Å². The van der Waals surface area contributed by atoms with Gasteiger partial charge in [-0.15, -0.1) is 12.4 Å². The summed E-state index contributed by atoms with van der Waals surface area (Å²) >= 11 is 0. The molecular formula is C14H22ClN3O2. The lowest BCUT2D eigenvalue weighted by atomic mass is 10.1. The molecule has 6 heteroatoms. The van der Waals surface area contributed by atoms with Crippen molar-refractivity contribution in [3.05, 3.63) is 24.3 Å². The van der Waals surface area contributed by atoms with Gasteiger partial charge in [-0.3, -0.25) is 9.59 Å². The number of carbonyl (C=O) groups excluding carboxylic acids is 2. The molecule has 0 saturated heterocycles. The average Bonchev–Trinajstić information content (AvgIpc) is 2.31. The lowest BCUT2D eigenvalue weighted by molar-refractivity contribution is -0.117. The molecule has 20 heavy (non-hydrogen) atoms. The van der Waals surface area contributed by atoms with Crippen molar-refractivity contribution in [1.29, 1.82) is 0 Å². The number of anilines is 2. The first-order valence-corrected chi connectivity index (χ1v) is 6.41. The van der Waals surface area contributed by atoms with E-state index in [4.69, 9.17) is 5.73 Å². The molecule has 0 bridgehead atoms. The molecule has 0 heterocycles. The number of hydrogen-bond acceptors (Lipinski definition) is 3. The molecule has 0 aliphatic carbocycles. The molecule has 0 atom stereocenters. The number of amides is 2. The zero-order chi connectivity index (χ0) is 14.3. The van der Waals surface area contributed by atoms with E-state index in [1.165, 1.54) is 0 Å². The van der Waals surface area contributed by atoms with E-state index in [9.17, 15) is 9.59 Å². The molecular weight excluding hydrogens is 278 g/mol. The molecule has 1 aromatic rings. The van der Waals surface area contributed by atoms with Crippen LogP contribution >= 0.6 is 12.4 Å². The van der Waals surface area contributed by atoms with E-state index in [0.29, 0.717) is 31.0 Å².